The van der Waals surface area contributed by atoms with Crippen LogP contribution in [0.15, 0.2) is 18.3 Å². The highest BCUT2D eigenvalue weighted by Gasteiger charge is 2.11. The maximum Gasteiger partial charge on any atom is 0.303 e. The van der Waals surface area contributed by atoms with E-state index in [0.29, 0.717) is 0 Å². The molecule has 0 amide bonds. The first-order valence-electron chi connectivity index (χ1n) is 4.49. The first-order valence-corrected chi connectivity index (χ1v) is 6.15. The molecular weight excluding hydrogens is 234 g/mol. The first-order chi connectivity index (χ1) is 7.49. The number of aliphatic carboxylic acids is 1. The molecule has 0 aliphatic heterocycles. The fourth-order valence-corrected chi connectivity index (χ4v) is 2.03. The van der Waals surface area contributed by atoms with Crippen molar-refractivity contribution in [3.63, 3.8) is 0 Å². The minimum atomic E-state index is -3.55. The number of carboxylic acids is 1. The van der Waals surface area contributed by atoms with Crippen LogP contribution >= 0.6 is 0 Å². The van der Waals surface area contributed by atoms with E-state index in [1.807, 2.05) is 0 Å². The van der Waals surface area contributed by atoms with E-state index < -0.39 is 16.0 Å². The number of hydrogen-bond donors (Lipinski definition) is 2. The predicted molar refractivity (Wildman–Crippen MR) is 56.3 cm³/mol. The van der Waals surface area contributed by atoms with Crippen molar-refractivity contribution < 1.29 is 18.3 Å². The lowest BCUT2D eigenvalue weighted by atomic mass is 10.3. The van der Waals surface area contributed by atoms with Gasteiger partial charge in [0.05, 0.1) is 5.75 Å². The minimum Gasteiger partial charge on any atom is -0.481 e. The van der Waals surface area contributed by atoms with Crippen molar-refractivity contribution in [3.05, 3.63) is 18.3 Å². The van der Waals surface area contributed by atoms with Gasteiger partial charge in [0.2, 0.25) is 10.0 Å². The topological polar surface area (TPSA) is 109 Å². The number of nitrogens with zero attached hydrogens (tertiary/aromatic N) is 2. The summed E-state index contributed by atoms with van der Waals surface area (Å²) in [4.78, 5) is 10.2. The van der Waals surface area contributed by atoms with Gasteiger partial charge in [0.1, 0.15) is 0 Å². The van der Waals surface area contributed by atoms with Gasteiger partial charge in [-0.25, -0.2) is 8.42 Å². The maximum atomic E-state index is 11.4. The second kappa shape index (κ2) is 5.40. The largest absolute Gasteiger partial charge is 0.481 e. The number of anilines is 1. The van der Waals surface area contributed by atoms with Crippen molar-refractivity contribution >= 4 is 21.8 Å². The van der Waals surface area contributed by atoms with Crippen molar-refractivity contribution in [1.82, 2.24) is 10.2 Å². The number of nitrogens with one attached hydrogen (secondary N) is 1. The molecule has 1 aromatic rings. The van der Waals surface area contributed by atoms with Crippen LogP contribution in [0.2, 0.25) is 0 Å². The van der Waals surface area contributed by atoms with Crippen molar-refractivity contribution in [2.24, 2.45) is 0 Å². The number of aromatic nitrogens is 2. The lowest BCUT2D eigenvalue weighted by Gasteiger charge is -2.04. The summed E-state index contributed by atoms with van der Waals surface area (Å²) in [5.41, 5.74) is 0. The Morgan fingerprint density at radius 1 is 1.50 bits per heavy atom. The number of rotatable bonds is 6. The lowest BCUT2D eigenvalue weighted by molar-refractivity contribution is -0.137. The predicted octanol–water partition coefficient (Wildman–Crippen LogP) is 0.0831. The summed E-state index contributed by atoms with van der Waals surface area (Å²) in [6.07, 6.45) is 1.30. The minimum absolute atomic E-state index is 0.0604. The van der Waals surface area contributed by atoms with Gasteiger partial charge >= 0.3 is 5.97 Å². The van der Waals surface area contributed by atoms with Crippen molar-refractivity contribution in [3.8, 4) is 0 Å². The zero-order chi connectivity index (χ0) is 12.0. The third-order valence-corrected chi connectivity index (χ3v) is 2.98. The Labute approximate surface area is 92.6 Å². The molecule has 0 aromatic carbocycles. The maximum absolute atomic E-state index is 11.4. The Balaban J connectivity index is 2.49. The molecule has 0 aliphatic rings. The van der Waals surface area contributed by atoms with Crippen LogP contribution in [0, 0.1) is 0 Å². The van der Waals surface area contributed by atoms with Gasteiger partial charge < -0.3 is 5.11 Å². The van der Waals surface area contributed by atoms with E-state index in [-0.39, 0.29) is 24.4 Å². The summed E-state index contributed by atoms with van der Waals surface area (Å²) < 4.78 is 25.0. The monoisotopic (exact) mass is 245 g/mol. The van der Waals surface area contributed by atoms with E-state index in [0.717, 1.165) is 0 Å². The molecule has 1 heterocycles. The molecular formula is C8H11N3O4S. The van der Waals surface area contributed by atoms with Gasteiger partial charge in [-0.3, -0.25) is 9.52 Å². The second-order valence-corrected chi connectivity index (χ2v) is 4.87. The van der Waals surface area contributed by atoms with Crippen LogP contribution < -0.4 is 4.72 Å². The standard InChI is InChI=1S/C8H11N3O4S/c12-8(13)4-2-6-16(14,15)11-7-3-1-5-9-10-7/h1,3,5H,2,4,6H2,(H,10,11)(H,12,13). The van der Waals surface area contributed by atoms with Gasteiger partial charge in [-0.05, 0) is 18.6 Å². The normalized spacial score (nSPS) is 11.0. The molecule has 16 heavy (non-hydrogen) atoms. The van der Waals surface area contributed by atoms with E-state index in [2.05, 4.69) is 14.9 Å². The summed E-state index contributed by atoms with van der Waals surface area (Å²) in [6.45, 7) is 0. The van der Waals surface area contributed by atoms with Gasteiger partial charge in [0.25, 0.3) is 0 Å². The molecule has 0 spiro atoms. The van der Waals surface area contributed by atoms with Crippen LogP contribution in [0.4, 0.5) is 5.82 Å². The molecule has 2 N–H and O–H groups in total. The Kier molecular flexibility index (Phi) is 4.18. The van der Waals surface area contributed by atoms with E-state index in [9.17, 15) is 13.2 Å². The average Bonchev–Trinajstić information content (AvgIpc) is 2.17. The quantitative estimate of drug-likeness (QED) is 0.734. The fraction of sp³-hybridized carbons (Fsp3) is 0.375. The van der Waals surface area contributed by atoms with Gasteiger partial charge in [0, 0.05) is 12.6 Å². The number of carboxylic acid groups (broad SMARTS) is 1. The molecule has 0 saturated heterocycles. The van der Waals surface area contributed by atoms with Gasteiger partial charge in [0.15, 0.2) is 5.82 Å². The van der Waals surface area contributed by atoms with Crippen LogP contribution in [0.3, 0.4) is 0 Å². The van der Waals surface area contributed by atoms with Gasteiger partial charge in [-0.2, -0.15) is 5.10 Å². The first kappa shape index (κ1) is 12.4. The molecule has 0 radical (unpaired) electrons. The molecule has 0 fully saturated rings. The van der Waals surface area contributed by atoms with Crippen molar-refractivity contribution in [2.75, 3.05) is 10.5 Å². The van der Waals surface area contributed by atoms with Crippen LogP contribution in [-0.2, 0) is 14.8 Å². The zero-order valence-electron chi connectivity index (χ0n) is 8.33. The molecule has 0 unspecified atom stereocenters. The highest BCUT2D eigenvalue weighted by molar-refractivity contribution is 7.92. The Morgan fingerprint density at radius 2 is 2.25 bits per heavy atom. The molecule has 88 valence electrons. The smallest absolute Gasteiger partial charge is 0.303 e. The highest BCUT2D eigenvalue weighted by atomic mass is 32.2. The van der Waals surface area contributed by atoms with E-state index in [1.165, 1.54) is 12.3 Å². The Bertz CT molecular complexity index is 446. The van der Waals surface area contributed by atoms with Crippen molar-refractivity contribution in [1.29, 1.82) is 0 Å². The van der Waals surface area contributed by atoms with E-state index >= 15 is 0 Å². The third-order valence-electron chi connectivity index (χ3n) is 1.64. The summed E-state index contributed by atoms with van der Waals surface area (Å²) in [5.74, 6) is -1.15. The van der Waals surface area contributed by atoms with Gasteiger partial charge in [-0.1, -0.05) is 0 Å². The molecule has 1 aromatic heterocycles. The van der Waals surface area contributed by atoms with E-state index in [1.54, 1.807) is 6.07 Å². The van der Waals surface area contributed by atoms with Crippen molar-refractivity contribution in [2.45, 2.75) is 12.8 Å². The molecule has 7 nitrogen and oxygen atoms in total. The summed E-state index contributed by atoms with van der Waals surface area (Å²) in [6, 6.07) is 3.00. The number of carbonyl (C=O) groups is 1. The summed E-state index contributed by atoms with van der Waals surface area (Å²) >= 11 is 0. The Hall–Kier alpha value is -1.70. The number of hydrogen-bond acceptors (Lipinski definition) is 5. The summed E-state index contributed by atoms with van der Waals surface area (Å²) in [7, 11) is -3.55. The molecule has 1 rings (SSSR count). The average molecular weight is 245 g/mol. The summed E-state index contributed by atoms with van der Waals surface area (Å²) in [5, 5.41) is 15.4. The number of sulfonamides is 1. The molecule has 8 heteroatoms. The molecule has 0 saturated carbocycles. The van der Waals surface area contributed by atoms with Crippen LogP contribution in [0.25, 0.3) is 0 Å². The molecule has 0 aliphatic carbocycles. The van der Waals surface area contributed by atoms with Crippen LogP contribution in [-0.4, -0.2) is 35.4 Å². The zero-order valence-corrected chi connectivity index (χ0v) is 9.14. The Morgan fingerprint density at radius 3 is 2.81 bits per heavy atom. The van der Waals surface area contributed by atoms with Crippen LogP contribution in [0.1, 0.15) is 12.8 Å². The lowest BCUT2D eigenvalue weighted by Crippen LogP contribution is -2.18. The molecule has 0 bridgehead atoms. The molecule has 0 atom stereocenters. The van der Waals surface area contributed by atoms with Crippen LogP contribution in [0.5, 0.6) is 0 Å². The van der Waals surface area contributed by atoms with Gasteiger partial charge in [-0.15, -0.1) is 5.10 Å². The van der Waals surface area contributed by atoms with E-state index in [4.69, 9.17) is 5.11 Å². The highest BCUT2D eigenvalue weighted by Crippen LogP contribution is 2.04. The second-order valence-electron chi connectivity index (χ2n) is 3.03. The SMILES string of the molecule is O=C(O)CCCS(=O)(=O)Nc1cccnn1. The third kappa shape index (κ3) is 4.69. The fourth-order valence-electron chi connectivity index (χ4n) is 0.980.